The van der Waals surface area contributed by atoms with Gasteiger partial charge in [-0.3, -0.25) is 0 Å². The molecule has 0 aliphatic heterocycles. The van der Waals surface area contributed by atoms with Crippen molar-refractivity contribution in [3.05, 3.63) is 35.4 Å². The first-order chi connectivity index (χ1) is 8.61. The smallest absolute Gasteiger partial charge is 0.0623 e. The summed E-state index contributed by atoms with van der Waals surface area (Å²) in [4.78, 5) is 0. The number of likely N-dealkylation sites (N-methyl/N-ethyl adjacent to an activating group) is 1. The Kier molecular flexibility index (Phi) is 6.99. The van der Waals surface area contributed by atoms with Crippen LogP contribution in [0.3, 0.4) is 0 Å². The Balaban J connectivity index is 2.41. The monoisotopic (exact) mass is 249 g/mol. The summed E-state index contributed by atoms with van der Waals surface area (Å²) in [5.74, 6) is 0. The molecule has 0 saturated carbocycles. The molecule has 1 N–H and O–H groups in total. The van der Waals surface area contributed by atoms with Crippen molar-refractivity contribution in [1.29, 1.82) is 0 Å². The van der Waals surface area contributed by atoms with Gasteiger partial charge in [-0.25, -0.2) is 0 Å². The minimum atomic E-state index is 0.310. The fourth-order valence-corrected chi connectivity index (χ4v) is 2.05. The van der Waals surface area contributed by atoms with Crippen molar-refractivity contribution in [1.82, 2.24) is 5.32 Å². The third-order valence-electron chi connectivity index (χ3n) is 2.99. The highest BCUT2D eigenvalue weighted by Crippen LogP contribution is 2.09. The normalized spacial score (nSPS) is 12.9. The lowest BCUT2D eigenvalue weighted by atomic mass is 10.0. The number of nitrogens with one attached hydrogen (secondary N) is 1. The molecule has 0 fully saturated rings. The summed E-state index contributed by atoms with van der Waals surface area (Å²) >= 11 is 0. The molecule has 0 bridgehead atoms. The van der Waals surface area contributed by atoms with Gasteiger partial charge in [0.1, 0.15) is 0 Å². The summed E-state index contributed by atoms with van der Waals surface area (Å²) in [5.41, 5.74) is 2.76. The second kappa shape index (κ2) is 8.28. The lowest BCUT2D eigenvalue weighted by Gasteiger charge is -2.19. The third-order valence-corrected chi connectivity index (χ3v) is 2.99. The fourth-order valence-electron chi connectivity index (χ4n) is 2.05. The van der Waals surface area contributed by atoms with E-state index in [4.69, 9.17) is 4.74 Å². The number of hydrogen-bond acceptors (Lipinski definition) is 2. The molecule has 0 amide bonds. The highest BCUT2D eigenvalue weighted by molar-refractivity contribution is 5.22. The Morgan fingerprint density at radius 1 is 1.28 bits per heavy atom. The molecule has 1 rings (SSSR count). The first kappa shape index (κ1) is 15.2. The largest absolute Gasteiger partial charge is 0.377 e. The lowest BCUT2D eigenvalue weighted by molar-refractivity contribution is 0.0599. The van der Waals surface area contributed by atoms with Crippen molar-refractivity contribution in [3.8, 4) is 0 Å². The molecule has 2 nitrogen and oxygen atoms in total. The minimum Gasteiger partial charge on any atom is -0.377 e. The number of hydrogen-bond donors (Lipinski definition) is 1. The van der Waals surface area contributed by atoms with E-state index < -0.39 is 0 Å². The maximum absolute atomic E-state index is 5.71. The van der Waals surface area contributed by atoms with Crippen LogP contribution in [0.4, 0.5) is 0 Å². The first-order valence-electron chi connectivity index (χ1n) is 7.02. The average Bonchev–Trinajstić information content (AvgIpc) is 2.32. The zero-order chi connectivity index (χ0) is 13.4. The Morgan fingerprint density at radius 2 is 2.06 bits per heavy atom. The van der Waals surface area contributed by atoms with Crippen molar-refractivity contribution in [3.63, 3.8) is 0 Å². The summed E-state index contributed by atoms with van der Waals surface area (Å²) in [6.45, 7) is 10.3. The Hall–Kier alpha value is -0.860. The van der Waals surface area contributed by atoms with Gasteiger partial charge in [0.2, 0.25) is 0 Å². The highest BCUT2D eigenvalue weighted by Gasteiger charge is 2.08. The summed E-state index contributed by atoms with van der Waals surface area (Å²) in [7, 11) is 0. The van der Waals surface area contributed by atoms with E-state index in [1.165, 1.54) is 11.1 Å². The molecular formula is C16H27NO. The first-order valence-corrected chi connectivity index (χ1v) is 7.02. The van der Waals surface area contributed by atoms with E-state index in [1.54, 1.807) is 0 Å². The van der Waals surface area contributed by atoms with Crippen molar-refractivity contribution < 1.29 is 4.74 Å². The lowest BCUT2D eigenvalue weighted by Crippen LogP contribution is -2.34. The van der Waals surface area contributed by atoms with Crippen LogP contribution in [0.15, 0.2) is 24.3 Å². The van der Waals surface area contributed by atoms with Gasteiger partial charge in [0.15, 0.2) is 0 Å². The van der Waals surface area contributed by atoms with Crippen LogP contribution in [0, 0.1) is 6.92 Å². The molecule has 0 heterocycles. The average molecular weight is 249 g/mol. The maximum Gasteiger partial charge on any atom is 0.0623 e. The molecule has 18 heavy (non-hydrogen) atoms. The van der Waals surface area contributed by atoms with Gasteiger partial charge in [-0.15, -0.1) is 0 Å². The molecule has 0 spiro atoms. The van der Waals surface area contributed by atoms with E-state index in [-0.39, 0.29) is 0 Å². The number of rotatable bonds is 8. The van der Waals surface area contributed by atoms with Crippen LogP contribution in [-0.2, 0) is 11.2 Å². The van der Waals surface area contributed by atoms with Crippen molar-refractivity contribution in [2.45, 2.75) is 52.7 Å². The van der Waals surface area contributed by atoms with Crippen molar-refractivity contribution in [2.24, 2.45) is 0 Å². The second-order valence-electron chi connectivity index (χ2n) is 5.16. The SMILES string of the molecule is CCNC(CCc1cccc(C)c1)COC(C)C. The number of ether oxygens (including phenoxy) is 1. The summed E-state index contributed by atoms with van der Waals surface area (Å²) in [5, 5.41) is 3.50. The van der Waals surface area contributed by atoms with Crippen LogP contribution in [0.25, 0.3) is 0 Å². The molecule has 0 aliphatic carbocycles. The zero-order valence-corrected chi connectivity index (χ0v) is 12.2. The molecule has 1 atom stereocenters. The summed E-state index contributed by atoms with van der Waals surface area (Å²) in [6, 6.07) is 9.22. The van der Waals surface area contributed by atoms with Gasteiger partial charge in [-0.1, -0.05) is 36.8 Å². The zero-order valence-electron chi connectivity index (χ0n) is 12.2. The van der Waals surface area contributed by atoms with Crippen LogP contribution < -0.4 is 5.32 Å². The quantitative estimate of drug-likeness (QED) is 0.763. The molecule has 1 aromatic carbocycles. The Labute approximate surface area is 112 Å². The molecule has 0 aromatic heterocycles. The van der Waals surface area contributed by atoms with E-state index in [9.17, 15) is 0 Å². The van der Waals surface area contributed by atoms with Crippen molar-refractivity contribution in [2.75, 3.05) is 13.2 Å². The third kappa shape index (κ3) is 6.18. The van der Waals surface area contributed by atoms with E-state index >= 15 is 0 Å². The maximum atomic E-state index is 5.71. The fraction of sp³-hybridized carbons (Fsp3) is 0.625. The van der Waals surface area contributed by atoms with E-state index in [2.05, 4.69) is 57.3 Å². The summed E-state index contributed by atoms with van der Waals surface area (Å²) in [6.07, 6.45) is 2.55. The standard InChI is InChI=1S/C16H27NO/c1-5-17-16(12-18-13(2)3)10-9-15-8-6-7-14(4)11-15/h6-8,11,13,16-17H,5,9-10,12H2,1-4H3. The van der Waals surface area contributed by atoms with Gasteiger partial charge < -0.3 is 10.1 Å². The van der Waals surface area contributed by atoms with Crippen LogP contribution >= 0.6 is 0 Å². The molecule has 0 radical (unpaired) electrons. The topological polar surface area (TPSA) is 21.3 Å². The number of benzene rings is 1. The molecule has 1 aromatic rings. The molecular weight excluding hydrogens is 222 g/mol. The highest BCUT2D eigenvalue weighted by atomic mass is 16.5. The predicted octanol–water partition coefficient (Wildman–Crippen LogP) is 3.33. The van der Waals surface area contributed by atoms with E-state index in [0.717, 1.165) is 26.0 Å². The molecule has 2 heteroatoms. The number of aryl methyl sites for hydroxylation is 2. The molecule has 102 valence electrons. The van der Waals surface area contributed by atoms with Gasteiger partial charge in [0.25, 0.3) is 0 Å². The van der Waals surface area contributed by atoms with Crippen LogP contribution in [0.5, 0.6) is 0 Å². The molecule has 0 aliphatic rings. The van der Waals surface area contributed by atoms with Crippen LogP contribution in [-0.4, -0.2) is 25.3 Å². The Morgan fingerprint density at radius 3 is 2.67 bits per heavy atom. The minimum absolute atomic E-state index is 0.310. The Bertz CT molecular complexity index is 336. The van der Waals surface area contributed by atoms with Crippen LogP contribution in [0.1, 0.15) is 38.3 Å². The van der Waals surface area contributed by atoms with Gasteiger partial charge in [-0.05, 0) is 45.7 Å². The molecule has 1 unspecified atom stereocenters. The second-order valence-corrected chi connectivity index (χ2v) is 5.16. The van der Waals surface area contributed by atoms with E-state index in [0.29, 0.717) is 12.1 Å². The van der Waals surface area contributed by atoms with E-state index in [1.807, 2.05) is 0 Å². The molecule has 0 saturated heterocycles. The van der Waals surface area contributed by atoms with Gasteiger partial charge in [-0.2, -0.15) is 0 Å². The van der Waals surface area contributed by atoms with Gasteiger partial charge in [0, 0.05) is 6.04 Å². The summed E-state index contributed by atoms with van der Waals surface area (Å²) < 4.78 is 5.71. The van der Waals surface area contributed by atoms with Gasteiger partial charge in [0.05, 0.1) is 12.7 Å². The van der Waals surface area contributed by atoms with Crippen molar-refractivity contribution >= 4 is 0 Å². The predicted molar refractivity (Wildman–Crippen MR) is 78.1 cm³/mol. The van der Waals surface area contributed by atoms with Crippen LogP contribution in [0.2, 0.25) is 0 Å². The van der Waals surface area contributed by atoms with Gasteiger partial charge >= 0.3 is 0 Å².